The molecule has 1 atom stereocenters. The summed E-state index contributed by atoms with van der Waals surface area (Å²) in [4.78, 5) is 27.3. The molecule has 0 bridgehead atoms. The van der Waals surface area contributed by atoms with Gasteiger partial charge in [0.15, 0.2) is 0 Å². The molecule has 1 aromatic heterocycles. The number of aromatic nitrogens is 1. The summed E-state index contributed by atoms with van der Waals surface area (Å²) in [6.07, 6.45) is 2.72. The van der Waals surface area contributed by atoms with Crippen molar-refractivity contribution in [3.8, 4) is 5.75 Å². The Balaban J connectivity index is 1.50. The summed E-state index contributed by atoms with van der Waals surface area (Å²) in [5.41, 5.74) is 1.72. The van der Waals surface area contributed by atoms with Crippen molar-refractivity contribution < 1.29 is 19.1 Å². The third kappa shape index (κ3) is 3.45. The number of hydrogen-bond acceptors (Lipinski definition) is 4. The largest absolute Gasteiger partial charge is 0.497 e. The van der Waals surface area contributed by atoms with Gasteiger partial charge in [0.25, 0.3) is 5.91 Å². The molecule has 28 heavy (non-hydrogen) atoms. The first-order valence-electron chi connectivity index (χ1n) is 9.34. The second-order valence-electron chi connectivity index (χ2n) is 6.84. The van der Waals surface area contributed by atoms with Crippen LogP contribution < -0.4 is 4.74 Å². The SMILES string of the molecule is COc1ccc2c(ccn2C(=O)C2CCCN2C(=O)OCc2ccccc2)c1. The number of ether oxygens (including phenoxy) is 2. The van der Waals surface area contributed by atoms with Crippen LogP contribution in [0.5, 0.6) is 5.75 Å². The summed E-state index contributed by atoms with van der Waals surface area (Å²) < 4.78 is 12.3. The highest BCUT2D eigenvalue weighted by Crippen LogP contribution is 2.25. The lowest BCUT2D eigenvalue weighted by atomic mass is 10.2. The molecule has 1 saturated heterocycles. The minimum Gasteiger partial charge on any atom is -0.497 e. The maximum Gasteiger partial charge on any atom is 0.410 e. The van der Waals surface area contributed by atoms with Gasteiger partial charge < -0.3 is 9.47 Å². The van der Waals surface area contributed by atoms with Crippen LogP contribution in [0, 0.1) is 0 Å². The molecule has 6 heteroatoms. The fraction of sp³-hybridized carbons (Fsp3) is 0.273. The van der Waals surface area contributed by atoms with Crippen molar-refractivity contribution in [1.29, 1.82) is 0 Å². The van der Waals surface area contributed by atoms with Gasteiger partial charge in [-0.3, -0.25) is 14.3 Å². The molecule has 1 aliphatic rings. The summed E-state index contributed by atoms with van der Waals surface area (Å²) in [5.74, 6) is 0.624. The van der Waals surface area contributed by atoms with Gasteiger partial charge in [-0.05, 0) is 42.7 Å². The Hall–Kier alpha value is -3.28. The van der Waals surface area contributed by atoms with Gasteiger partial charge in [0.2, 0.25) is 0 Å². The lowest BCUT2D eigenvalue weighted by Crippen LogP contribution is -2.42. The van der Waals surface area contributed by atoms with E-state index >= 15 is 0 Å². The number of likely N-dealkylation sites (tertiary alicyclic amines) is 1. The molecule has 4 rings (SSSR count). The molecule has 2 aromatic carbocycles. The molecule has 1 fully saturated rings. The first-order valence-corrected chi connectivity index (χ1v) is 9.34. The van der Waals surface area contributed by atoms with Gasteiger partial charge in [0.05, 0.1) is 12.6 Å². The topological polar surface area (TPSA) is 60.8 Å². The van der Waals surface area contributed by atoms with Crippen LogP contribution in [0.25, 0.3) is 10.9 Å². The number of carbonyl (C=O) groups excluding carboxylic acids is 2. The predicted molar refractivity (Wildman–Crippen MR) is 105 cm³/mol. The molecule has 0 saturated carbocycles. The normalized spacial score (nSPS) is 16.3. The number of benzene rings is 2. The highest BCUT2D eigenvalue weighted by molar-refractivity contribution is 5.96. The Kier molecular flexibility index (Phi) is 5.02. The van der Waals surface area contributed by atoms with E-state index in [1.807, 2.05) is 54.6 Å². The summed E-state index contributed by atoms with van der Waals surface area (Å²) in [6, 6.07) is 16.5. The van der Waals surface area contributed by atoms with Crippen LogP contribution in [0.1, 0.15) is 23.2 Å². The summed E-state index contributed by atoms with van der Waals surface area (Å²) in [5, 5.41) is 0.920. The third-order valence-electron chi connectivity index (χ3n) is 5.11. The van der Waals surface area contributed by atoms with Gasteiger partial charge in [-0.1, -0.05) is 30.3 Å². The number of rotatable bonds is 4. The minimum atomic E-state index is -0.513. The second-order valence-corrected chi connectivity index (χ2v) is 6.84. The number of nitrogens with zero attached hydrogens (tertiary/aromatic N) is 2. The summed E-state index contributed by atoms with van der Waals surface area (Å²) in [7, 11) is 1.61. The molecule has 1 unspecified atom stereocenters. The smallest absolute Gasteiger partial charge is 0.410 e. The van der Waals surface area contributed by atoms with E-state index in [1.54, 1.807) is 22.8 Å². The van der Waals surface area contributed by atoms with Gasteiger partial charge in [-0.15, -0.1) is 0 Å². The Morgan fingerprint density at radius 3 is 2.71 bits per heavy atom. The van der Waals surface area contributed by atoms with Crippen LogP contribution >= 0.6 is 0 Å². The van der Waals surface area contributed by atoms with Crippen molar-refractivity contribution in [2.24, 2.45) is 0 Å². The molecule has 0 spiro atoms. The lowest BCUT2D eigenvalue weighted by molar-refractivity contribution is 0.0679. The molecular formula is C22H22N2O4. The van der Waals surface area contributed by atoms with E-state index in [1.165, 1.54) is 0 Å². The molecule has 1 amide bonds. The van der Waals surface area contributed by atoms with Gasteiger partial charge in [-0.25, -0.2) is 4.79 Å². The van der Waals surface area contributed by atoms with Crippen molar-refractivity contribution in [3.63, 3.8) is 0 Å². The highest BCUT2D eigenvalue weighted by atomic mass is 16.6. The van der Waals surface area contributed by atoms with Gasteiger partial charge in [-0.2, -0.15) is 0 Å². The molecular weight excluding hydrogens is 356 g/mol. The highest BCUT2D eigenvalue weighted by Gasteiger charge is 2.36. The predicted octanol–water partition coefficient (Wildman–Crippen LogP) is 4.09. The first kappa shape index (κ1) is 18.1. The fourth-order valence-electron chi connectivity index (χ4n) is 3.64. The third-order valence-corrected chi connectivity index (χ3v) is 5.11. The van der Waals surface area contributed by atoms with Crippen LogP contribution in [-0.2, 0) is 11.3 Å². The number of carbonyl (C=O) groups is 2. The molecule has 144 valence electrons. The van der Waals surface area contributed by atoms with Gasteiger partial charge in [0.1, 0.15) is 18.4 Å². The molecule has 2 heterocycles. The average Bonchev–Trinajstić information content (AvgIpc) is 3.39. The molecule has 0 radical (unpaired) electrons. The van der Waals surface area contributed by atoms with E-state index in [0.29, 0.717) is 13.0 Å². The van der Waals surface area contributed by atoms with E-state index in [4.69, 9.17) is 9.47 Å². The quantitative estimate of drug-likeness (QED) is 0.686. The fourth-order valence-corrected chi connectivity index (χ4v) is 3.64. The summed E-state index contributed by atoms with van der Waals surface area (Å²) >= 11 is 0. The van der Waals surface area contributed by atoms with E-state index in [9.17, 15) is 9.59 Å². The molecule has 3 aromatic rings. The van der Waals surface area contributed by atoms with Crippen molar-refractivity contribution in [3.05, 3.63) is 66.4 Å². The first-order chi connectivity index (χ1) is 13.7. The Bertz CT molecular complexity index is 996. The van der Waals surface area contributed by atoms with E-state index in [2.05, 4.69) is 0 Å². The van der Waals surface area contributed by atoms with Crippen LogP contribution in [0.3, 0.4) is 0 Å². The Labute approximate surface area is 163 Å². The zero-order valence-corrected chi connectivity index (χ0v) is 15.7. The van der Waals surface area contributed by atoms with E-state index in [0.717, 1.165) is 28.6 Å². The van der Waals surface area contributed by atoms with Crippen molar-refractivity contribution >= 4 is 22.9 Å². The van der Waals surface area contributed by atoms with Crippen molar-refractivity contribution in [2.75, 3.05) is 13.7 Å². The standard InChI is InChI=1S/C22H22N2O4/c1-27-18-9-10-19-17(14-18)11-13-23(19)21(25)20-8-5-12-24(20)22(26)28-15-16-6-3-2-4-7-16/h2-4,6-7,9-11,13-14,20H,5,8,12,15H2,1H3. The van der Waals surface area contributed by atoms with Gasteiger partial charge >= 0.3 is 6.09 Å². The van der Waals surface area contributed by atoms with Crippen molar-refractivity contribution in [1.82, 2.24) is 9.47 Å². The van der Waals surface area contributed by atoms with Crippen LogP contribution in [-0.4, -0.2) is 41.2 Å². The maximum absolute atomic E-state index is 13.1. The van der Waals surface area contributed by atoms with E-state index in [-0.39, 0.29) is 12.5 Å². The van der Waals surface area contributed by atoms with E-state index < -0.39 is 12.1 Å². The zero-order chi connectivity index (χ0) is 19.5. The number of amides is 1. The van der Waals surface area contributed by atoms with Crippen molar-refractivity contribution in [2.45, 2.75) is 25.5 Å². The van der Waals surface area contributed by atoms with Crippen LogP contribution in [0.4, 0.5) is 4.79 Å². The van der Waals surface area contributed by atoms with Crippen LogP contribution in [0.15, 0.2) is 60.8 Å². The molecule has 1 aliphatic heterocycles. The zero-order valence-electron chi connectivity index (χ0n) is 15.7. The van der Waals surface area contributed by atoms with Crippen LogP contribution in [0.2, 0.25) is 0 Å². The number of hydrogen-bond donors (Lipinski definition) is 0. The second kappa shape index (κ2) is 7.76. The maximum atomic E-state index is 13.1. The number of methoxy groups -OCH3 is 1. The minimum absolute atomic E-state index is 0.116. The van der Waals surface area contributed by atoms with Gasteiger partial charge in [0, 0.05) is 18.1 Å². The molecule has 0 aliphatic carbocycles. The summed E-state index contributed by atoms with van der Waals surface area (Å²) in [6.45, 7) is 0.723. The monoisotopic (exact) mass is 378 g/mol. The number of fused-ring (bicyclic) bond motifs is 1. The molecule has 0 N–H and O–H groups in total. The average molecular weight is 378 g/mol. The Morgan fingerprint density at radius 2 is 1.93 bits per heavy atom. The lowest BCUT2D eigenvalue weighted by Gasteiger charge is -2.23. The Morgan fingerprint density at radius 1 is 1.11 bits per heavy atom. The molecule has 6 nitrogen and oxygen atoms in total.